The molecule has 0 aliphatic carbocycles. The Hall–Kier alpha value is -3.08. The highest BCUT2D eigenvalue weighted by Crippen LogP contribution is 2.24. The van der Waals surface area contributed by atoms with Crippen molar-refractivity contribution in [3.8, 4) is 5.75 Å². The van der Waals surface area contributed by atoms with Crippen molar-refractivity contribution in [2.75, 3.05) is 19.5 Å². The number of rotatable bonds is 8. The maximum Gasteiger partial charge on any atom is 0.337 e. The zero-order chi connectivity index (χ0) is 19.6. The van der Waals surface area contributed by atoms with E-state index in [-0.39, 0.29) is 11.9 Å². The summed E-state index contributed by atoms with van der Waals surface area (Å²) in [6.45, 7) is 2.08. The van der Waals surface area contributed by atoms with Gasteiger partial charge in [-0.25, -0.2) is 4.79 Å². The van der Waals surface area contributed by atoms with Gasteiger partial charge in [0, 0.05) is 5.57 Å². The molecule has 0 bridgehead atoms. The van der Waals surface area contributed by atoms with Gasteiger partial charge < -0.3 is 14.8 Å². The summed E-state index contributed by atoms with van der Waals surface area (Å²) < 4.78 is 10.0. The molecule has 0 aliphatic heterocycles. The van der Waals surface area contributed by atoms with E-state index >= 15 is 0 Å². The number of nitrogens with one attached hydrogen (secondary N) is 1. The lowest BCUT2D eigenvalue weighted by Gasteiger charge is -2.12. The summed E-state index contributed by atoms with van der Waals surface area (Å²) in [7, 11) is 2.92. The zero-order valence-electron chi connectivity index (χ0n) is 16.0. The number of carbonyl (C=O) groups is 2. The molecule has 0 spiro atoms. The smallest absolute Gasteiger partial charge is 0.337 e. The molecule has 142 valence electrons. The van der Waals surface area contributed by atoms with Crippen LogP contribution in [0.15, 0.2) is 54.1 Å². The number of unbranched alkanes of at least 4 members (excludes halogenated alkanes) is 1. The van der Waals surface area contributed by atoms with Crippen LogP contribution in [0.2, 0.25) is 0 Å². The van der Waals surface area contributed by atoms with E-state index in [0.29, 0.717) is 29.0 Å². The molecule has 1 N–H and O–H groups in total. The van der Waals surface area contributed by atoms with Crippen LogP contribution in [-0.4, -0.2) is 26.1 Å². The largest absolute Gasteiger partial charge is 0.495 e. The number of anilines is 1. The topological polar surface area (TPSA) is 64.6 Å². The maximum atomic E-state index is 12.8. The minimum atomic E-state index is -0.384. The Morgan fingerprint density at radius 2 is 1.74 bits per heavy atom. The highest BCUT2D eigenvalue weighted by atomic mass is 16.5. The molecule has 0 fully saturated rings. The standard InChI is InChI=1S/C22H25NO4/c1-4-5-8-18(15-16-11-13-17(14-12-16)22(25)27-3)21(24)23-19-9-6-7-10-20(19)26-2/h6-7,9-15H,4-5,8H2,1-3H3,(H,23,24)/b18-15+. The summed E-state index contributed by atoms with van der Waals surface area (Å²) in [5.41, 5.74) is 2.63. The number of para-hydroxylation sites is 2. The quantitative estimate of drug-likeness (QED) is 0.543. The Bertz CT molecular complexity index is 809. The van der Waals surface area contributed by atoms with Crippen LogP contribution < -0.4 is 10.1 Å². The fourth-order valence-electron chi connectivity index (χ4n) is 2.60. The predicted molar refractivity (Wildman–Crippen MR) is 107 cm³/mol. The van der Waals surface area contributed by atoms with Gasteiger partial charge in [-0.05, 0) is 48.7 Å². The third kappa shape index (κ3) is 5.71. The average molecular weight is 367 g/mol. The van der Waals surface area contributed by atoms with Crippen molar-refractivity contribution in [3.63, 3.8) is 0 Å². The van der Waals surface area contributed by atoms with E-state index in [1.807, 2.05) is 18.2 Å². The Labute approximate surface area is 160 Å². The summed E-state index contributed by atoms with van der Waals surface area (Å²) >= 11 is 0. The lowest BCUT2D eigenvalue weighted by Crippen LogP contribution is -2.15. The molecule has 0 saturated carbocycles. The molecule has 2 aromatic carbocycles. The average Bonchev–Trinajstić information content (AvgIpc) is 2.71. The molecule has 0 atom stereocenters. The van der Waals surface area contributed by atoms with Gasteiger partial charge in [0.15, 0.2) is 0 Å². The fraction of sp³-hybridized carbons (Fsp3) is 0.273. The molecule has 0 aromatic heterocycles. The van der Waals surface area contributed by atoms with Crippen molar-refractivity contribution in [3.05, 3.63) is 65.2 Å². The molecule has 0 aliphatic rings. The van der Waals surface area contributed by atoms with E-state index < -0.39 is 0 Å². The van der Waals surface area contributed by atoms with E-state index in [1.165, 1.54) is 7.11 Å². The number of benzene rings is 2. The van der Waals surface area contributed by atoms with Crippen LogP contribution in [0.25, 0.3) is 6.08 Å². The monoisotopic (exact) mass is 367 g/mol. The second kappa shape index (κ2) is 10.2. The first-order valence-corrected chi connectivity index (χ1v) is 8.92. The van der Waals surface area contributed by atoms with Gasteiger partial charge in [-0.15, -0.1) is 0 Å². The predicted octanol–water partition coefficient (Wildman–Crippen LogP) is 4.69. The van der Waals surface area contributed by atoms with E-state index in [1.54, 1.807) is 43.5 Å². The van der Waals surface area contributed by atoms with Gasteiger partial charge >= 0.3 is 5.97 Å². The summed E-state index contributed by atoms with van der Waals surface area (Å²) in [4.78, 5) is 24.3. The van der Waals surface area contributed by atoms with Gasteiger partial charge in [-0.1, -0.05) is 37.6 Å². The van der Waals surface area contributed by atoms with Crippen molar-refractivity contribution >= 4 is 23.6 Å². The van der Waals surface area contributed by atoms with Crippen molar-refractivity contribution < 1.29 is 19.1 Å². The van der Waals surface area contributed by atoms with Crippen LogP contribution in [0.5, 0.6) is 5.75 Å². The second-order valence-electron chi connectivity index (χ2n) is 6.04. The van der Waals surface area contributed by atoms with Gasteiger partial charge in [0.25, 0.3) is 5.91 Å². The Morgan fingerprint density at radius 1 is 1.04 bits per heavy atom. The molecule has 5 nitrogen and oxygen atoms in total. The summed E-state index contributed by atoms with van der Waals surface area (Å²) in [6, 6.07) is 14.3. The van der Waals surface area contributed by atoms with Crippen molar-refractivity contribution in [2.24, 2.45) is 0 Å². The Balaban J connectivity index is 2.24. The summed E-state index contributed by atoms with van der Waals surface area (Å²) in [5.74, 6) is 0.0683. The third-order valence-electron chi connectivity index (χ3n) is 4.12. The SMILES string of the molecule is CCCC/C(=C\c1ccc(C(=O)OC)cc1)C(=O)Nc1ccccc1OC. The van der Waals surface area contributed by atoms with E-state index in [9.17, 15) is 9.59 Å². The number of hydrogen-bond donors (Lipinski definition) is 1. The van der Waals surface area contributed by atoms with Crippen LogP contribution >= 0.6 is 0 Å². The zero-order valence-corrected chi connectivity index (χ0v) is 16.0. The first-order valence-electron chi connectivity index (χ1n) is 8.92. The Morgan fingerprint density at radius 3 is 2.37 bits per heavy atom. The molecule has 2 rings (SSSR count). The highest BCUT2D eigenvalue weighted by Gasteiger charge is 2.12. The molecule has 0 heterocycles. The normalized spacial score (nSPS) is 11.0. The lowest BCUT2D eigenvalue weighted by atomic mass is 10.0. The number of ether oxygens (including phenoxy) is 2. The minimum Gasteiger partial charge on any atom is -0.495 e. The molecule has 2 aromatic rings. The number of hydrogen-bond acceptors (Lipinski definition) is 4. The lowest BCUT2D eigenvalue weighted by molar-refractivity contribution is -0.112. The van der Waals surface area contributed by atoms with Gasteiger partial charge in [-0.3, -0.25) is 4.79 Å². The first-order chi connectivity index (χ1) is 13.1. The van der Waals surface area contributed by atoms with E-state index in [0.717, 1.165) is 18.4 Å². The molecule has 5 heteroatoms. The number of amides is 1. The van der Waals surface area contributed by atoms with Crippen LogP contribution in [-0.2, 0) is 9.53 Å². The minimum absolute atomic E-state index is 0.162. The number of methoxy groups -OCH3 is 2. The van der Waals surface area contributed by atoms with Gasteiger partial charge in [0.2, 0.25) is 0 Å². The number of carbonyl (C=O) groups excluding carboxylic acids is 2. The molecule has 0 unspecified atom stereocenters. The summed E-state index contributed by atoms with van der Waals surface area (Å²) in [6.07, 6.45) is 4.41. The molecule has 0 saturated heterocycles. The molecule has 0 radical (unpaired) electrons. The van der Waals surface area contributed by atoms with Crippen LogP contribution in [0.1, 0.15) is 42.1 Å². The fourth-order valence-corrected chi connectivity index (χ4v) is 2.60. The maximum absolute atomic E-state index is 12.8. The second-order valence-corrected chi connectivity index (χ2v) is 6.04. The summed E-state index contributed by atoms with van der Waals surface area (Å²) in [5, 5.41) is 2.92. The van der Waals surface area contributed by atoms with Crippen LogP contribution in [0.3, 0.4) is 0 Å². The molecule has 1 amide bonds. The van der Waals surface area contributed by atoms with Crippen molar-refractivity contribution in [1.29, 1.82) is 0 Å². The molecular formula is C22H25NO4. The first kappa shape index (κ1) is 20.2. The van der Waals surface area contributed by atoms with E-state index in [2.05, 4.69) is 12.2 Å². The third-order valence-corrected chi connectivity index (χ3v) is 4.12. The van der Waals surface area contributed by atoms with Gasteiger partial charge in [0.1, 0.15) is 5.75 Å². The number of esters is 1. The Kier molecular flexibility index (Phi) is 7.62. The van der Waals surface area contributed by atoms with Crippen molar-refractivity contribution in [1.82, 2.24) is 0 Å². The van der Waals surface area contributed by atoms with Gasteiger partial charge in [0.05, 0.1) is 25.5 Å². The van der Waals surface area contributed by atoms with Gasteiger partial charge in [-0.2, -0.15) is 0 Å². The molecule has 27 heavy (non-hydrogen) atoms. The van der Waals surface area contributed by atoms with Crippen LogP contribution in [0, 0.1) is 0 Å². The highest BCUT2D eigenvalue weighted by molar-refractivity contribution is 6.07. The van der Waals surface area contributed by atoms with Crippen molar-refractivity contribution in [2.45, 2.75) is 26.2 Å². The molecular weight excluding hydrogens is 342 g/mol. The van der Waals surface area contributed by atoms with E-state index in [4.69, 9.17) is 9.47 Å². The van der Waals surface area contributed by atoms with Crippen LogP contribution in [0.4, 0.5) is 5.69 Å².